The van der Waals surface area contributed by atoms with Crippen LogP contribution in [0, 0.1) is 0 Å². The van der Waals surface area contributed by atoms with Crippen LogP contribution in [0.2, 0.25) is 0 Å². The van der Waals surface area contributed by atoms with Crippen LogP contribution in [0.1, 0.15) is 0 Å². The summed E-state index contributed by atoms with van der Waals surface area (Å²) >= 11 is 0. The molecule has 4 nitrogen and oxygen atoms in total. The quantitative estimate of drug-likeness (QED) is 0.574. The fourth-order valence-corrected chi connectivity index (χ4v) is 2.08. The van der Waals surface area contributed by atoms with Crippen molar-refractivity contribution in [3.8, 4) is 0 Å². The molecule has 0 aliphatic heterocycles. The molecule has 0 saturated carbocycles. The first-order valence-electron chi connectivity index (χ1n) is 5.14. The van der Waals surface area contributed by atoms with Crippen LogP contribution >= 0.6 is 16.1 Å². The molecule has 0 fully saturated rings. The summed E-state index contributed by atoms with van der Waals surface area (Å²) in [6, 6.07) is 16.7. The molecule has 0 saturated heterocycles. The summed E-state index contributed by atoms with van der Waals surface area (Å²) in [5, 5.41) is 0.810. The van der Waals surface area contributed by atoms with Crippen LogP contribution in [-0.2, 0) is 9.13 Å². The van der Waals surface area contributed by atoms with Gasteiger partial charge in [0.05, 0.1) is 0 Å². The SMILES string of the molecule is O=[PH]([O-])c1ccccc1.O=[PH]([O-])c1ccccc1.[Mg+2]. The zero-order valence-corrected chi connectivity index (χ0v) is 13.5. The maximum absolute atomic E-state index is 10.3. The topological polar surface area (TPSA) is 80.3 Å². The Morgan fingerprint density at radius 2 is 0.895 bits per heavy atom. The summed E-state index contributed by atoms with van der Waals surface area (Å²) in [5.41, 5.74) is 0. The average Bonchev–Trinajstić information content (AvgIpc) is 2.41. The second kappa shape index (κ2) is 10.4. The monoisotopic (exact) mass is 306 g/mol. The van der Waals surface area contributed by atoms with Gasteiger partial charge in [0.2, 0.25) is 0 Å². The van der Waals surface area contributed by atoms with E-state index in [1.807, 2.05) is 0 Å². The van der Waals surface area contributed by atoms with E-state index in [-0.39, 0.29) is 23.1 Å². The first-order chi connectivity index (χ1) is 8.61. The summed E-state index contributed by atoms with van der Waals surface area (Å²) in [6.45, 7) is 0. The van der Waals surface area contributed by atoms with E-state index in [4.69, 9.17) is 0 Å². The van der Waals surface area contributed by atoms with Gasteiger partial charge in [0.1, 0.15) is 0 Å². The fourth-order valence-electron chi connectivity index (χ4n) is 1.15. The minimum atomic E-state index is -2.71. The van der Waals surface area contributed by atoms with Crippen molar-refractivity contribution in [1.82, 2.24) is 0 Å². The van der Waals surface area contributed by atoms with Crippen LogP contribution in [0.3, 0.4) is 0 Å². The molecule has 2 rings (SSSR count). The molecule has 2 aromatic rings. The summed E-state index contributed by atoms with van der Waals surface area (Å²) in [7, 11) is -5.42. The van der Waals surface area contributed by atoms with Gasteiger partial charge in [0, 0.05) is 16.1 Å². The Bertz CT molecular complexity index is 470. The maximum atomic E-state index is 10.3. The molecule has 2 aromatic carbocycles. The molecule has 0 spiro atoms. The van der Waals surface area contributed by atoms with Gasteiger partial charge in [-0.15, -0.1) is 0 Å². The minimum Gasteiger partial charge on any atom is -0.798 e. The second-order valence-corrected chi connectivity index (χ2v) is 5.61. The van der Waals surface area contributed by atoms with Crippen LogP contribution in [0.5, 0.6) is 0 Å². The molecular formula is C12H12MgO4P2. The van der Waals surface area contributed by atoms with Crippen LogP contribution < -0.4 is 20.4 Å². The zero-order chi connectivity index (χ0) is 13.4. The summed E-state index contributed by atoms with van der Waals surface area (Å²) < 4.78 is 20.6. The number of hydrogen-bond donors (Lipinski definition) is 0. The number of hydrogen-bond acceptors (Lipinski definition) is 4. The van der Waals surface area contributed by atoms with Crippen molar-refractivity contribution < 1.29 is 18.9 Å². The third-order valence-electron chi connectivity index (χ3n) is 2.02. The molecule has 0 bridgehead atoms. The smallest absolute Gasteiger partial charge is 0.798 e. The van der Waals surface area contributed by atoms with Crippen molar-refractivity contribution in [3.05, 3.63) is 60.7 Å². The van der Waals surface area contributed by atoms with Gasteiger partial charge >= 0.3 is 23.1 Å². The Morgan fingerprint density at radius 3 is 1.05 bits per heavy atom. The third kappa shape index (κ3) is 7.68. The predicted molar refractivity (Wildman–Crippen MR) is 75.9 cm³/mol. The van der Waals surface area contributed by atoms with Gasteiger partial charge in [-0.2, -0.15) is 0 Å². The van der Waals surface area contributed by atoms with E-state index in [9.17, 15) is 18.9 Å². The van der Waals surface area contributed by atoms with Gasteiger partial charge in [-0.05, 0) is 10.6 Å². The van der Waals surface area contributed by atoms with E-state index in [0.29, 0.717) is 10.6 Å². The third-order valence-corrected chi connectivity index (χ3v) is 3.63. The second-order valence-electron chi connectivity index (χ2n) is 3.31. The Balaban J connectivity index is 0.000000324. The van der Waals surface area contributed by atoms with Crippen molar-refractivity contribution in [2.45, 2.75) is 0 Å². The van der Waals surface area contributed by atoms with E-state index < -0.39 is 16.1 Å². The summed E-state index contributed by atoms with van der Waals surface area (Å²) in [6.07, 6.45) is 0. The van der Waals surface area contributed by atoms with Gasteiger partial charge in [0.25, 0.3) is 0 Å². The van der Waals surface area contributed by atoms with E-state index in [0.717, 1.165) is 0 Å². The average molecular weight is 306 g/mol. The summed E-state index contributed by atoms with van der Waals surface area (Å²) in [4.78, 5) is 20.6. The van der Waals surface area contributed by atoms with Gasteiger partial charge in [-0.3, -0.25) is 0 Å². The zero-order valence-electron chi connectivity index (χ0n) is 10.1. The van der Waals surface area contributed by atoms with Crippen LogP contribution in [0.25, 0.3) is 0 Å². The molecule has 19 heavy (non-hydrogen) atoms. The van der Waals surface area contributed by atoms with E-state index in [1.165, 1.54) is 0 Å². The van der Waals surface area contributed by atoms with E-state index >= 15 is 0 Å². The van der Waals surface area contributed by atoms with E-state index in [2.05, 4.69) is 0 Å². The fraction of sp³-hybridized carbons (Fsp3) is 0. The molecule has 0 amide bonds. The Morgan fingerprint density at radius 1 is 0.632 bits per heavy atom. The van der Waals surface area contributed by atoms with Crippen molar-refractivity contribution in [1.29, 1.82) is 0 Å². The predicted octanol–water partition coefficient (Wildman–Crippen LogP) is -0.0870. The molecular weight excluding hydrogens is 294 g/mol. The molecule has 0 heterocycles. The Hall–Kier alpha value is -0.414. The van der Waals surface area contributed by atoms with Crippen LogP contribution in [0.15, 0.2) is 60.7 Å². The normalized spacial score (nSPS) is 12.3. The van der Waals surface area contributed by atoms with Crippen LogP contribution in [-0.4, -0.2) is 23.1 Å². The standard InChI is InChI=1S/2C6H7O2P.Mg/c2*7-9(8)6-4-2-1-3-5-6;/h2*1-5,9H,(H,7,8);/q;;+2/p-2. The number of benzene rings is 2. The van der Waals surface area contributed by atoms with Gasteiger partial charge in [0.15, 0.2) is 0 Å². The van der Waals surface area contributed by atoms with Crippen molar-refractivity contribution in [3.63, 3.8) is 0 Å². The first kappa shape index (κ1) is 18.6. The molecule has 0 N–H and O–H groups in total. The number of rotatable bonds is 2. The molecule has 2 atom stereocenters. The summed E-state index contributed by atoms with van der Waals surface area (Å²) in [5.74, 6) is 0. The molecule has 0 aromatic heterocycles. The Kier molecular flexibility index (Phi) is 10.2. The largest absolute Gasteiger partial charge is 2.00 e. The van der Waals surface area contributed by atoms with Gasteiger partial charge in [-0.1, -0.05) is 60.7 Å². The van der Waals surface area contributed by atoms with Crippen LogP contribution in [0.4, 0.5) is 0 Å². The molecule has 0 aliphatic carbocycles. The maximum Gasteiger partial charge on any atom is 2.00 e. The van der Waals surface area contributed by atoms with Crippen molar-refractivity contribution in [2.75, 3.05) is 0 Å². The van der Waals surface area contributed by atoms with Gasteiger partial charge < -0.3 is 18.9 Å². The van der Waals surface area contributed by atoms with Gasteiger partial charge in [-0.25, -0.2) is 0 Å². The van der Waals surface area contributed by atoms with Crippen molar-refractivity contribution >= 4 is 49.7 Å². The minimum absolute atomic E-state index is 0. The van der Waals surface area contributed by atoms with Crippen molar-refractivity contribution in [2.24, 2.45) is 0 Å². The Labute approximate surface area is 129 Å². The molecule has 2 unspecified atom stereocenters. The molecule has 7 heteroatoms. The molecule has 96 valence electrons. The first-order valence-corrected chi connectivity index (χ1v) is 7.77. The molecule has 0 radical (unpaired) electrons. The molecule has 0 aliphatic rings. The van der Waals surface area contributed by atoms with E-state index in [1.54, 1.807) is 60.7 Å².